The second kappa shape index (κ2) is 3.70. The summed E-state index contributed by atoms with van der Waals surface area (Å²) in [6, 6.07) is 0. The maximum absolute atomic E-state index is 11.4. The Morgan fingerprint density at radius 3 is 3.07 bits per heavy atom. The smallest absolute Gasteiger partial charge is 0.358 e. The number of carbonyl (C=O) groups is 1. The molecule has 0 aliphatic carbocycles. The van der Waals surface area contributed by atoms with Crippen LogP contribution < -0.4 is 5.73 Å². The maximum Gasteiger partial charge on any atom is 0.358 e. The quantitative estimate of drug-likeness (QED) is 0.739. The third-order valence-corrected chi connectivity index (χ3v) is 2.63. The highest BCUT2D eigenvalue weighted by atomic mass is 32.1. The van der Waals surface area contributed by atoms with E-state index in [-0.39, 0.29) is 5.69 Å². The van der Waals surface area contributed by atoms with Crippen molar-refractivity contribution >= 4 is 22.4 Å². The molecule has 0 unspecified atom stereocenters. The van der Waals surface area contributed by atoms with Gasteiger partial charge in [0.05, 0.1) is 7.11 Å². The van der Waals surface area contributed by atoms with Crippen molar-refractivity contribution in [3.8, 4) is 10.7 Å². The van der Waals surface area contributed by atoms with Crippen molar-refractivity contribution in [3.05, 3.63) is 18.1 Å². The summed E-state index contributed by atoms with van der Waals surface area (Å²) in [6.45, 7) is 0. The Bertz CT molecular complexity index is 477. The second-order valence-electron chi connectivity index (χ2n) is 2.66. The Hall–Kier alpha value is -1.89. The number of esters is 1. The Balaban J connectivity index is 2.52. The van der Waals surface area contributed by atoms with Crippen molar-refractivity contribution in [2.75, 3.05) is 12.8 Å². The van der Waals surface area contributed by atoms with Gasteiger partial charge in [-0.25, -0.2) is 14.8 Å². The number of rotatable bonds is 2. The van der Waals surface area contributed by atoms with E-state index in [9.17, 15) is 4.79 Å². The van der Waals surface area contributed by atoms with Gasteiger partial charge in [0.1, 0.15) is 10.7 Å². The highest BCUT2D eigenvalue weighted by Crippen LogP contribution is 2.29. The molecule has 0 aliphatic heterocycles. The lowest BCUT2D eigenvalue weighted by molar-refractivity contribution is 0.0596. The van der Waals surface area contributed by atoms with E-state index in [1.165, 1.54) is 18.4 Å². The Kier molecular flexibility index (Phi) is 2.38. The molecule has 0 aromatic carbocycles. The van der Waals surface area contributed by atoms with Gasteiger partial charge in [-0.1, -0.05) is 11.3 Å². The number of nitrogens with one attached hydrogen (secondary N) is 1. The number of carbonyl (C=O) groups excluding carboxylic acids is 1. The molecule has 6 nitrogen and oxygen atoms in total. The molecule has 2 rings (SSSR count). The summed E-state index contributed by atoms with van der Waals surface area (Å²) in [5, 5.41) is 0.307. The summed E-state index contributed by atoms with van der Waals surface area (Å²) < 4.78 is 4.60. The van der Waals surface area contributed by atoms with E-state index >= 15 is 0 Å². The molecule has 2 aromatic heterocycles. The van der Waals surface area contributed by atoms with Crippen LogP contribution in [0, 0.1) is 0 Å². The number of nitrogen functional groups attached to an aromatic ring is 1. The van der Waals surface area contributed by atoms with Crippen LogP contribution in [0.4, 0.5) is 5.13 Å². The van der Waals surface area contributed by atoms with Crippen LogP contribution in [-0.2, 0) is 4.74 Å². The van der Waals surface area contributed by atoms with E-state index in [0.717, 1.165) is 0 Å². The topological polar surface area (TPSA) is 93.9 Å². The second-order valence-corrected chi connectivity index (χ2v) is 3.69. The summed E-state index contributed by atoms with van der Waals surface area (Å²) in [5.41, 5.74) is 5.73. The average Bonchev–Trinajstić information content (AvgIpc) is 2.84. The molecule has 7 heteroatoms. The van der Waals surface area contributed by atoms with Crippen molar-refractivity contribution in [2.45, 2.75) is 0 Å². The fourth-order valence-electron chi connectivity index (χ4n) is 1.12. The number of H-pyrrole nitrogens is 1. The fourth-order valence-corrected chi connectivity index (χ4v) is 1.90. The molecule has 15 heavy (non-hydrogen) atoms. The average molecular weight is 224 g/mol. The largest absolute Gasteiger partial charge is 0.464 e. The summed E-state index contributed by atoms with van der Waals surface area (Å²) in [5.74, 6) is 0.0407. The number of nitrogens with two attached hydrogens (primary N) is 1. The standard InChI is InChI=1S/C8H8N4O2S/c1-14-7(13)4-5(15-8(9)12-4)6-10-2-3-11-6/h2-3H,1H3,(H2,9,12)(H,10,11). The van der Waals surface area contributed by atoms with Gasteiger partial charge < -0.3 is 15.5 Å². The number of nitrogens with zero attached hydrogens (tertiary/aromatic N) is 2. The molecule has 78 valence electrons. The number of anilines is 1. The molecule has 0 aliphatic rings. The molecule has 0 bridgehead atoms. The van der Waals surface area contributed by atoms with E-state index in [4.69, 9.17) is 5.73 Å². The third-order valence-electron chi connectivity index (χ3n) is 1.74. The van der Waals surface area contributed by atoms with Gasteiger partial charge in [-0.2, -0.15) is 0 Å². The van der Waals surface area contributed by atoms with Crippen molar-refractivity contribution in [1.82, 2.24) is 15.0 Å². The Morgan fingerprint density at radius 2 is 2.47 bits per heavy atom. The lowest BCUT2D eigenvalue weighted by Crippen LogP contribution is -2.03. The number of thiazole rings is 1. The van der Waals surface area contributed by atoms with Gasteiger partial charge in [0.15, 0.2) is 10.8 Å². The number of hydrogen-bond acceptors (Lipinski definition) is 6. The van der Waals surface area contributed by atoms with Crippen molar-refractivity contribution in [3.63, 3.8) is 0 Å². The first-order chi connectivity index (χ1) is 7.22. The lowest BCUT2D eigenvalue weighted by atomic mass is 10.3. The zero-order valence-electron chi connectivity index (χ0n) is 7.85. The number of hydrogen-bond donors (Lipinski definition) is 2. The highest BCUT2D eigenvalue weighted by Gasteiger charge is 2.20. The zero-order chi connectivity index (χ0) is 10.8. The Morgan fingerprint density at radius 1 is 1.67 bits per heavy atom. The number of methoxy groups -OCH3 is 1. The Labute approximate surface area is 89.1 Å². The van der Waals surface area contributed by atoms with Crippen LogP contribution in [0.15, 0.2) is 12.4 Å². The van der Waals surface area contributed by atoms with Gasteiger partial charge in [0, 0.05) is 12.4 Å². The van der Waals surface area contributed by atoms with Gasteiger partial charge in [0.2, 0.25) is 0 Å². The summed E-state index contributed by atoms with van der Waals surface area (Å²) >= 11 is 1.19. The summed E-state index contributed by atoms with van der Waals surface area (Å²) in [7, 11) is 1.30. The van der Waals surface area contributed by atoms with E-state index in [1.807, 2.05) is 0 Å². The fraction of sp³-hybridized carbons (Fsp3) is 0.125. The molecule has 0 fully saturated rings. The molecule has 0 amide bonds. The minimum Gasteiger partial charge on any atom is -0.464 e. The summed E-state index contributed by atoms with van der Waals surface area (Å²) in [4.78, 5) is 22.8. The molecule has 2 aromatic rings. The monoisotopic (exact) mass is 224 g/mol. The first-order valence-corrected chi connectivity index (χ1v) is 4.88. The molecule has 0 saturated carbocycles. The zero-order valence-corrected chi connectivity index (χ0v) is 8.67. The predicted octanol–water partition coefficient (Wildman–Crippen LogP) is 0.902. The SMILES string of the molecule is COC(=O)c1nc(N)sc1-c1ncc[nH]1. The van der Waals surface area contributed by atoms with Crippen LogP contribution >= 0.6 is 11.3 Å². The van der Waals surface area contributed by atoms with Crippen LogP contribution in [0.5, 0.6) is 0 Å². The van der Waals surface area contributed by atoms with Crippen LogP contribution in [0.3, 0.4) is 0 Å². The molecule has 0 spiro atoms. The predicted molar refractivity (Wildman–Crippen MR) is 55.4 cm³/mol. The van der Waals surface area contributed by atoms with E-state index in [1.54, 1.807) is 12.4 Å². The van der Waals surface area contributed by atoms with Gasteiger partial charge in [-0.3, -0.25) is 0 Å². The molecular weight excluding hydrogens is 216 g/mol. The van der Waals surface area contributed by atoms with E-state index < -0.39 is 5.97 Å². The van der Waals surface area contributed by atoms with Crippen LogP contribution in [0.2, 0.25) is 0 Å². The number of aromatic amines is 1. The summed E-state index contributed by atoms with van der Waals surface area (Å²) in [6.07, 6.45) is 3.25. The van der Waals surface area contributed by atoms with Crippen LogP contribution in [-0.4, -0.2) is 28.0 Å². The number of aromatic nitrogens is 3. The van der Waals surface area contributed by atoms with Crippen LogP contribution in [0.1, 0.15) is 10.5 Å². The molecule has 0 saturated heterocycles. The normalized spacial score (nSPS) is 10.2. The molecule has 0 radical (unpaired) electrons. The number of imidazole rings is 1. The number of ether oxygens (including phenoxy) is 1. The van der Waals surface area contributed by atoms with Gasteiger partial charge in [0.25, 0.3) is 0 Å². The van der Waals surface area contributed by atoms with Crippen LogP contribution in [0.25, 0.3) is 10.7 Å². The molecule has 2 heterocycles. The van der Waals surface area contributed by atoms with E-state index in [2.05, 4.69) is 19.7 Å². The van der Waals surface area contributed by atoms with Crippen molar-refractivity contribution in [2.24, 2.45) is 0 Å². The molecule has 3 N–H and O–H groups in total. The minimum atomic E-state index is -0.519. The van der Waals surface area contributed by atoms with Gasteiger partial charge >= 0.3 is 5.97 Å². The van der Waals surface area contributed by atoms with Crippen molar-refractivity contribution < 1.29 is 9.53 Å². The first kappa shape index (κ1) is 9.66. The van der Waals surface area contributed by atoms with Crippen molar-refractivity contribution in [1.29, 1.82) is 0 Å². The highest BCUT2D eigenvalue weighted by molar-refractivity contribution is 7.19. The first-order valence-electron chi connectivity index (χ1n) is 4.06. The van der Waals surface area contributed by atoms with Gasteiger partial charge in [-0.05, 0) is 0 Å². The van der Waals surface area contributed by atoms with Gasteiger partial charge in [-0.15, -0.1) is 0 Å². The molecular formula is C8H8N4O2S. The maximum atomic E-state index is 11.4. The minimum absolute atomic E-state index is 0.190. The lowest BCUT2D eigenvalue weighted by Gasteiger charge is -1.96. The third kappa shape index (κ3) is 1.68. The molecule has 0 atom stereocenters. The van der Waals surface area contributed by atoms with E-state index in [0.29, 0.717) is 15.8 Å².